The molecule has 1 amide bonds. The number of aromatic nitrogens is 1. The Hall–Kier alpha value is -1.62. The normalized spacial score (nSPS) is 23.2. The third-order valence-electron chi connectivity index (χ3n) is 5.60. The van der Waals surface area contributed by atoms with E-state index in [2.05, 4.69) is 46.5 Å². The molecule has 0 radical (unpaired) electrons. The van der Waals surface area contributed by atoms with Crippen molar-refractivity contribution in [3.8, 4) is 0 Å². The van der Waals surface area contributed by atoms with Crippen LogP contribution in [0, 0.1) is 12.8 Å². The maximum Gasteiger partial charge on any atom is 0.222 e. The summed E-state index contributed by atoms with van der Waals surface area (Å²) in [6.07, 6.45) is 6.81. The average Bonchev–Trinajstić information content (AvgIpc) is 2.82. The van der Waals surface area contributed by atoms with Crippen LogP contribution in [0.2, 0.25) is 0 Å². The largest absolute Gasteiger partial charge is 0.370 e. The van der Waals surface area contributed by atoms with Crippen LogP contribution in [0.15, 0.2) is 18.5 Å². The molecule has 5 heteroatoms. The SMILES string of the molecule is Cc1cnccc1N1CCCN(CC2CCC(=O)N(C(C)C)C2)CC1. The summed E-state index contributed by atoms with van der Waals surface area (Å²) < 4.78 is 0. The van der Waals surface area contributed by atoms with Crippen LogP contribution in [0.1, 0.15) is 38.7 Å². The number of amides is 1. The zero-order valence-electron chi connectivity index (χ0n) is 15.9. The van der Waals surface area contributed by atoms with Crippen LogP contribution >= 0.6 is 0 Å². The number of piperidine rings is 1. The highest BCUT2D eigenvalue weighted by molar-refractivity contribution is 5.77. The van der Waals surface area contributed by atoms with Gasteiger partial charge < -0.3 is 14.7 Å². The monoisotopic (exact) mass is 344 g/mol. The fourth-order valence-electron chi connectivity index (χ4n) is 4.17. The molecule has 0 spiro atoms. The molecule has 1 atom stereocenters. The molecule has 3 rings (SSSR count). The van der Waals surface area contributed by atoms with Gasteiger partial charge in [-0.1, -0.05) is 0 Å². The van der Waals surface area contributed by atoms with Gasteiger partial charge in [-0.2, -0.15) is 0 Å². The molecule has 2 saturated heterocycles. The fourth-order valence-corrected chi connectivity index (χ4v) is 4.17. The van der Waals surface area contributed by atoms with Crippen molar-refractivity contribution in [1.29, 1.82) is 0 Å². The van der Waals surface area contributed by atoms with E-state index in [9.17, 15) is 4.79 Å². The predicted octanol–water partition coefficient (Wildman–Crippen LogP) is 2.55. The second kappa shape index (κ2) is 8.17. The van der Waals surface area contributed by atoms with Gasteiger partial charge in [0.05, 0.1) is 0 Å². The lowest BCUT2D eigenvalue weighted by Crippen LogP contribution is -2.47. The van der Waals surface area contributed by atoms with Crippen molar-refractivity contribution in [2.24, 2.45) is 5.92 Å². The Morgan fingerprint density at radius 2 is 2.08 bits per heavy atom. The van der Waals surface area contributed by atoms with Crippen molar-refractivity contribution in [2.45, 2.75) is 46.1 Å². The van der Waals surface area contributed by atoms with E-state index in [0.29, 0.717) is 17.9 Å². The summed E-state index contributed by atoms with van der Waals surface area (Å²) in [4.78, 5) is 23.5. The average molecular weight is 345 g/mol. The van der Waals surface area contributed by atoms with E-state index in [1.165, 1.54) is 17.7 Å². The molecular formula is C20H32N4O. The van der Waals surface area contributed by atoms with E-state index in [-0.39, 0.29) is 0 Å². The van der Waals surface area contributed by atoms with Gasteiger partial charge in [-0.25, -0.2) is 0 Å². The first-order valence-corrected chi connectivity index (χ1v) is 9.72. The minimum atomic E-state index is 0.324. The number of hydrogen-bond donors (Lipinski definition) is 0. The Balaban J connectivity index is 1.55. The van der Waals surface area contributed by atoms with Crippen molar-refractivity contribution in [3.05, 3.63) is 24.0 Å². The van der Waals surface area contributed by atoms with E-state index in [1.54, 1.807) is 0 Å². The van der Waals surface area contributed by atoms with Gasteiger partial charge in [0.1, 0.15) is 0 Å². The molecule has 0 aliphatic carbocycles. The third-order valence-corrected chi connectivity index (χ3v) is 5.60. The minimum Gasteiger partial charge on any atom is -0.370 e. The second-order valence-corrected chi connectivity index (χ2v) is 7.85. The number of anilines is 1. The number of likely N-dealkylation sites (tertiary alicyclic amines) is 1. The number of hydrogen-bond acceptors (Lipinski definition) is 4. The number of rotatable bonds is 4. The molecule has 3 heterocycles. The summed E-state index contributed by atoms with van der Waals surface area (Å²) in [6.45, 7) is 12.9. The van der Waals surface area contributed by atoms with Gasteiger partial charge in [-0.15, -0.1) is 0 Å². The van der Waals surface area contributed by atoms with Crippen LogP contribution in [-0.4, -0.2) is 66.0 Å². The second-order valence-electron chi connectivity index (χ2n) is 7.85. The molecule has 0 aromatic carbocycles. The zero-order valence-corrected chi connectivity index (χ0v) is 15.9. The molecule has 1 unspecified atom stereocenters. The molecule has 2 fully saturated rings. The molecule has 138 valence electrons. The Bertz CT molecular complexity index is 589. The molecule has 2 aliphatic heterocycles. The Morgan fingerprint density at radius 1 is 1.24 bits per heavy atom. The Labute approximate surface area is 152 Å². The molecule has 0 bridgehead atoms. The summed E-state index contributed by atoms with van der Waals surface area (Å²) in [6, 6.07) is 2.46. The standard InChI is InChI=1S/C20H32N4O/c1-16(2)24-15-18(5-6-20(24)25)14-22-9-4-10-23(12-11-22)19-7-8-21-13-17(19)3/h7-8,13,16,18H,4-6,9-12,14-15H2,1-3H3. The van der Waals surface area contributed by atoms with E-state index in [0.717, 1.165) is 52.1 Å². The summed E-state index contributed by atoms with van der Waals surface area (Å²) >= 11 is 0. The van der Waals surface area contributed by atoms with Crippen LogP contribution in [0.5, 0.6) is 0 Å². The van der Waals surface area contributed by atoms with Gasteiger partial charge in [0, 0.05) is 63.3 Å². The highest BCUT2D eigenvalue weighted by Gasteiger charge is 2.29. The van der Waals surface area contributed by atoms with Gasteiger partial charge in [0.2, 0.25) is 5.91 Å². The maximum atomic E-state index is 12.1. The number of carbonyl (C=O) groups is 1. The molecule has 5 nitrogen and oxygen atoms in total. The summed E-state index contributed by atoms with van der Waals surface area (Å²) in [5.41, 5.74) is 2.58. The minimum absolute atomic E-state index is 0.324. The smallest absolute Gasteiger partial charge is 0.222 e. The molecule has 1 aromatic rings. The maximum absolute atomic E-state index is 12.1. The third kappa shape index (κ3) is 4.51. The van der Waals surface area contributed by atoms with E-state index >= 15 is 0 Å². The van der Waals surface area contributed by atoms with Gasteiger partial charge in [-0.05, 0) is 57.7 Å². The molecule has 0 N–H and O–H groups in total. The lowest BCUT2D eigenvalue weighted by molar-refractivity contribution is -0.136. The van der Waals surface area contributed by atoms with Gasteiger partial charge in [0.15, 0.2) is 0 Å². The van der Waals surface area contributed by atoms with Crippen LogP contribution in [0.3, 0.4) is 0 Å². The van der Waals surface area contributed by atoms with E-state index in [1.807, 2.05) is 12.4 Å². The van der Waals surface area contributed by atoms with Crippen LogP contribution in [-0.2, 0) is 4.79 Å². The summed E-state index contributed by atoms with van der Waals surface area (Å²) in [7, 11) is 0. The van der Waals surface area contributed by atoms with Crippen LogP contribution in [0.25, 0.3) is 0 Å². The van der Waals surface area contributed by atoms with Gasteiger partial charge in [-0.3, -0.25) is 9.78 Å². The quantitative estimate of drug-likeness (QED) is 0.842. The summed E-state index contributed by atoms with van der Waals surface area (Å²) in [5, 5.41) is 0. The van der Waals surface area contributed by atoms with Gasteiger partial charge >= 0.3 is 0 Å². The highest BCUT2D eigenvalue weighted by atomic mass is 16.2. The van der Waals surface area contributed by atoms with E-state index < -0.39 is 0 Å². The predicted molar refractivity (Wildman–Crippen MR) is 102 cm³/mol. The number of aryl methyl sites for hydroxylation is 1. The Kier molecular flexibility index (Phi) is 5.94. The van der Waals surface area contributed by atoms with Gasteiger partial charge in [0.25, 0.3) is 0 Å². The fraction of sp³-hybridized carbons (Fsp3) is 0.700. The number of carbonyl (C=O) groups excluding carboxylic acids is 1. The van der Waals surface area contributed by atoms with E-state index in [4.69, 9.17) is 0 Å². The lowest BCUT2D eigenvalue weighted by atomic mass is 9.95. The first kappa shape index (κ1) is 18.2. The van der Waals surface area contributed by atoms with Crippen molar-refractivity contribution in [2.75, 3.05) is 44.2 Å². The summed E-state index contributed by atoms with van der Waals surface area (Å²) in [5.74, 6) is 0.954. The van der Waals surface area contributed by atoms with Crippen molar-refractivity contribution >= 4 is 11.6 Å². The molecule has 25 heavy (non-hydrogen) atoms. The van der Waals surface area contributed by atoms with Crippen molar-refractivity contribution in [1.82, 2.24) is 14.8 Å². The lowest BCUT2D eigenvalue weighted by Gasteiger charge is -2.37. The van der Waals surface area contributed by atoms with Crippen LogP contribution in [0.4, 0.5) is 5.69 Å². The first-order valence-electron chi connectivity index (χ1n) is 9.72. The number of nitrogens with zero attached hydrogens (tertiary/aromatic N) is 4. The molecule has 1 aromatic heterocycles. The molecular weight excluding hydrogens is 312 g/mol. The van der Waals surface area contributed by atoms with Crippen molar-refractivity contribution < 1.29 is 4.79 Å². The molecule has 2 aliphatic rings. The topological polar surface area (TPSA) is 39.7 Å². The number of pyridine rings is 1. The van der Waals surface area contributed by atoms with Crippen molar-refractivity contribution in [3.63, 3.8) is 0 Å². The highest BCUT2D eigenvalue weighted by Crippen LogP contribution is 2.23. The zero-order chi connectivity index (χ0) is 17.8. The van der Waals surface area contributed by atoms with Crippen LogP contribution < -0.4 is 4.90 Å². The Morgan fingerprint density at radius 3 is 2.84 bits per heavy atom. The first-order chi connectivity index (χ1) is 12.0. The molecule has 0 saturated carbocycles.